The average molecular weight is 620 g/mol. The van der Waals surface area contributed by atoms with Crippen LogP contribution in [0.25, 0.3) is 33.2 Å². The van der Waals surface area contributed by atoms with Crippen molar-refractivity contribution in [2.45, 2.75) is 39.5 Å². The van der Waals surface area contributed by atoms with Gasteiger partial charge in [0.1, 0.15) is 11.1 Å². The number of rotatable bonds is 7. The van der Waals surface area contributed by atoms with Gasteiger partial charge in [-0.25, -0.2) is 5.43 Å². The third kappa shape index (κ3) is 5.38. The quantitative estimate of drug-likeness (QED) is 0.143. The Balaban J connectivity index is 1.12. The lowest BCUT2D eigenvalue weighted by Crippen LogP contribution is -2.17. The summed E-state index contributed by atoms with van der Waals surface area (Å²) >= 11 is 1.73. The summed E-state index contributed by atoms with van der Waals surface area (Å²) in [6, 6.07) is 37.0. The van der Waals surface area contributed by atoms with E-state index in [0.29, 0.717) is 5.56 Å². The van der Waals surface area contributed by atoms with E-state index in [0.717, 1.165) is 75.0 Å². The molecule has 0 radical (unpaired) electrons. The third-order valence-electron chi connectivity index (χ3n) is 8.72. The molecule has 0 bridgehead atoms. The molecule has 6 aromatic rings. The number of carbonyl (C=O) groups is 1. The summed E-state index contributed by atoms with van der Waals surface area (Å²) in [5, 5.41) is 15.3. The van der Waals surface area contributed by atoms with Crippen molar-refractivity contribution < 1.29 is 4.79 Å². The summed E-state index contributed by atoms with van der Waals surface area (Å²) in [5.74, 6) is -0.284. The van der Waals surface area contributed by atoms with Gasteiger partial charge in [0.25, 0.3) is 5.91 Å². The molecule has 0 saturated heterocycles. The van der Waals surface area contributed by atoms with Crippen molar-refractivity contribution >= 4 is 23.5 Å². The molecule has 0 atom stereocenters. The molecule has 3 heterocycles. The number of nitriles is 1. The predicted octanol–water partition coefficient (Wildman–Crippen LogP) is 8.79. The van der Waals surface area contributed by atoms with Crippen LogP contribution in [0.2, 0.25) is 0 Å². The number of hydrazone groups is 1. The van der Waals surface area contributed by atoms with Crippen molar-refractivity contribution in [3.63, 3.8) is 0 Å². The molecule has 3 aromatic carbocycles. The highest BCUT2D eigenvalue weighted by atomic mass is 32.1. The van der Waals surface area contributed by atoms with Gasteiger partial charge in [0.15, 0.2) is 0 Å². The van der Waals surface area contributed by atoms with Gasteiger partial charge >= 0.3 is 0 Å². The van der Waals surface area contributed by atoms with Gasteiger partial charge in [-0.05, 0) is 98.7 Å². The Morgan fingerprint density at radius 3 is 2.11 bits per heavy atom. The number of carbonyl (C=O) groups excluding carboxylic acids is 1. The van der Waals surface area contributed by atoms with Crippen LogP contribution in [0.5, 0.6) is 0 Å². The Hall–Kier alpha value is -5.45. The van der Waals surface area contributed by atoms with Crippen molar-refractivity contribution in [1.82, 2.24) is 14.6 Å². The highest BCUT2D eigenvalue weighted by Gasteiger charge is 2.24. The number of nitrogens with one attached hydrogen (secondary N) is 1. The number of benzene rings is 3. The zero-order valence-electron chi connectivity index (χ0n) is 25.8. The summed E-state index contributed by atoms with van der Waals surface area (Å²) in [6.07, 6.45) is 6.02. The molecule has 46 heavy (non-hydrogen) atoms. The van der Waals surface area contributed by atoms with Crippen molar-refractivity contribution in [2.75, 3.05) is 0 Å². The highest BCUT2D eigenvalue weighted by Crippen LogP contribution is 2.38. The van der Waals surface area contributed by atoms with E-state index >= 15 is 0 Å². The SMILES string of the molecule is Cc1cc(/C=N/NC(=O)c2ccc(-n3c(-c4ccccc4)ccc3-c3ccccc3)cc2)c(C)n1-c1sc2c(c1C#N)CCCC2. The number of aryl methyl sites for hydroxylation is 2. The van der Waals surface area contributed by atoms with Crippen LogP contribution in [-0.4, -0.2) is 21.3 Å². The van der Waals surface area contributed by atoms with Crippen LogP contribution in [0.4, 0.5) is 0 Å². The Labute approximate surface area is 272 Å². The van der Waals surface area contributed by atoms with Crippen molar-refractivity contribution in [2.24, 2.45) is 5.10 Å². The maximum absolute atomic E-state index is 13.1. The summed E-state index contributed by atoms with van der Waals surface area (Å²) in [5.41, 5.74) is 13.5. The van der Waals surface area contributed by atoms with Gasteiger partial charge in [0.05, 0.1) is 23.2 Å². The van der Waals surface area contributed by atoms with Gasteiger partial charge in [0, 0.05) is 33.1 Å². The van der Waals surface area contributed by atoms with Crippen LogP contribution < -0.4 is 5.43 Å². The van der Waals surface area contributed by atoms with Gasteiger partial charge in [-0.2, -0.15) is 10.4 Å². The molecule has 0 spiro atoms. The second kappa shape index (κ2) is 12.5. The monoisotopic (exact) mass is 619 g/mol. The van der Waals surface area contributed by atoms with E-state index in [2.05, 4.69) is 62.1 Å². The number of amides is 1. The average Bonchev–Trinajstić information content (AvgIpc) is 3.78. The lowest BCUT2D eigenvalue weighted by atomic mass is 9.96. The van der Waals surface area contributed by atoms with E-state index in [4.69, 9.17) is 0 Å². The summed E-state index contributed by atoms with van der Waals surface area (Å²) < 4.78 is 4.38. The molecule has 0 fully saturated rings. The van der Waals surface area contributed by atoms with E-state index in [1.165, 1.54) is 16.9 Å². The normalized spacial score (nSPS) is 12.6. The van der Waals surface area contributed by atoms with Crippen LogP contribution >= 0.6 is 11.3 Å². The van der Waals surface area contributed by atoms with Gasteiger partial charge in [-0.1, -0.05) is 60.7 Å². The Bertz CT molecular complexity index is 2050. The van der Waals surface area contributed by atoms with E-state index in [-0.39, 0.29) is 5.91 Å². The van der Waals surface area contributed by atoms with Crippen LogP contribution in [0.3, 0.4) is 0 Å². The molecular formula is C39H33N5OS. The smallest absolute Gasteiger partial charge is 0.271 e. The number of nitrogens with zero attached hydrogens (tertiary/aromatic N) is 4. The molecule has 0 aliphatic heterocycles. The zero-order chi connectivity index (χ0) is 31.6. The maximum Gasteiger partial charge on any atom is 0.271 e. The molecule has 1 N–H and O–H groups in total. The van der Waals surface area contributed by atoms with Crippen molar-refractivity contribution in [1.29, 1.82) is 5.26 Å². The minimum atomic E-state index is -0.284. The molecule has 6 nitrogen and oxygen atoms in total. The minimum absolute atomic E-state index is 0.284. The van der Waals surface area contributed by atoms with Gasteiger partial charge in [0.2, 0.25) is 0 Å². The first-order valence-electron chi connectivity index (χ1n) is 15.5. The first-order chi connectivity index (χ1) is 22.5. The molecular weight excluding hydrogens is 587 g/mol. The van der Waals surface area contributed by atoms with Crippen LogP contribution in [0.15, 0.2) is 108 Å². The second-order valence-corrected chi connectivity index (χ2v) is 12.7. The van der Waals surface area contributed by atoms with Crippen molar-refractivity contribution in [3.05, 3.63) is 142 Å². The first kappa shape index (κ1) is 29.3. The number of thiophene rings is 1. The molecule has 1 aliphatic carbocycles. The molecule has 0 saturated carbocycles. The first-order valence-corrected chi connectivity index (χ1v) is 16.4. The molecule has 1 amide bonds. The number of hydrogen-bond donors (Lipinski definition) is 1. The minimum Gasteiger partial charge on any atom is -0.309 e. The second-order valence-electron chi connectivity index (χ2n) is 11.6. The lowest BCUT2D eigenvalue weighted by Gasteiger charge is -2.15. The van der Waals surface area contributed by atoms with Gasteiger partial charge < -0.3 is 9.13 Å². The Morgan fingerprint density at radius 2 is 1.48 bits per heavy atom. The molecule has 1 aliphatic rings. The Morgan fingerprint density at radius 1 is 0.848 bits per heavy atom. The van der Waals surface area contributed by atoms with Crippen LogP contribution in [0, 0.1) is 25.2 Å². The highest BCUT2D eigenvalue weighted by molar-refractivity contribution is 7.15. The third-order valence-corrected chi connectivity index (χ3v) is 9.99. The van der Waals surface area contributed by atoms with E-state index < -0.39 is 0 Å². The molecule has 7 heteroatoms. The molecule has 3 aromatic heterocycles. The van der Waals surface area contributed by atoms with Crippen molar-refractivity contribution in [3.8, 4) is 39.3 Å². The standard InChI is InChI=1S/C39H33N5OS/c1-26-23-31(27(2)43(26)39-34(24-40)33-15-9-10-16-37(33)46-39)25-41-42-38(45)30-17-19-32(20-18-30)44-35(28-11-5-3-6-12-28)21-22-36(44)29-13-7-4-8-14-29/h3-8,11-14,17-23,25H,9-10,15-16H2,1-2H3,(H,42,45)/b41-25+. The summed E-state index contributed by atoms with van der Waals surface area (Å²) in [4.78, 5) is 14.4. The fourth-order valence-corrected chi connectivity index (χ4v) is 7.88. The topological polar surface area (TPSA) is 75.1 Å². The maximum atomic E-state index is 13.1. The van der Waals surface area contributed by atoms with Crippen LogP contribution in [0.1, 0.15) is 56.2 Å². The number of fused-ring (bicyclic) bond motifs is 1. The molecule has 7 rings (SSSR count). The fourth-order valence-electron chi connectivity index (χ4n) is 6.43. The van der Waals surface area contributed by atoms with E-state index in [1.807, 2.05) is 80.6 Å². The van der Waals surface area contributed by atoms with Gasteiger partial charge in [-0.3, -0.25) is 4.79 Å². The van der Waals surface area contributed by atoms with E-state index in [1.54, 1.807) is 17.6 Å². The van der Waals surface area contributed by atoms with E-state index in [9.17, 15) is 10.1 Å². The number of hydrogen-bond acceptors (Lipinski definition) is 4. The molecule has 0 unspecified atom stereocenters. The largest absolute Gasteiger partial charge is 0.309 e. The summed E-state index contributed by atoms with van der Waals surface area (Å²) in [6.45, 7) is 4.07. The van der Waals surface area contributed by atoms with Crippen LogP contribution in [-0.2, 0) is 12.8 Å². The fraction of sp³-hybridized carbons (Fsp3) is 0.154. The molecule has 226 valence electrons. The lowest BCUT2D eigenvalue weighted by molar-refractivity contribution is 0.0955. The summed E-state index contributed by atoms with van der Waals surface area (Å²) in [7, 11) is 0. The Kier molecular flexibility index (Phi) is 7.96. The predicted molar refractivity (Wildman–Crippen MR) is 186 cm³/mol. The van der Waals surface area contributed by atoms with Gasteiger partial charge in [-0.15, -0.1) is 11.3 Å². The zero-order valence-corrected chi connectivity index (χ0v) is 26.6. The number of aromatic nitrogens is 2.